The van der Waals surface area contributed by atoms with Crippen LogP contribution in [0.3, 0.4) is 0 Å². The Balaban J connectivity index is 1.38. The third kappa shape index (κ3) is 5.01. The molecule has 2 aromatic heterocycles. The molecule has 33 heavy (non-hydrogen) atoms. The number of nitrogens with one attached hydrogen (secondary N) is 2. The largest absolute Gasteiger partial charge is 0.483 e. The summed E-state index contributed by atoms with van der Waals surface area (Å²) in [6.07, 6.45) is 0.692. The summed E-state index contributed by atoms with van der Waals surface area (Å²) in [6, 6.07) is 19.3. The number of carbonyl (C=O) groups excluding carboxylic acids is 2. The van der Waals surface area contributed by atoms with Gasteiger partial charge in [0.25, 0.3) is 11.8 Å². The number of pyridine rings is 1. The SMILES string of the molecule is Cc1cc(C(=O)NNC(=O)COc2ccccc2Cc2ccccc2)c2c(C)nn(C)c2n1. The Morgan fingerprint density at radius 3 is 2.52 bits per heavy atom. The second-order valence-corrected chi connectivity index (χ2v) is 7.78. The minimum Gasteiger partial charge on any atom is -0.483 e. The summed E-state index contributed by atoms with van der Waals surface area (Å²) in [5.74, 6) is -0.289. The van der Waals surface area contributed by atoms with E-state index in [1.165, 1.54) is 0 Å². The summed E-state index contributed by atoms with van der Waals surface area (Å²) in [5.41, 5.74) is 9.39. The molecule has 8 nitrogen and oxygen atoms in total. The lowest BCUT2D eigenvalue weighted by Gasteiger charge is -2.12. The first-order valence-electron chi connectivity index (χ1n) is 10.6. The van der Waals surface area contributed by atoms with Crippen LogP contribution in [0.1, 0.15) is 32.9 Å². The highest BCUT2D eigenvalue weighted by molar-refractivity contribution is 6.06. The lowest BCUT2D eigenvalue weighted by molar-refractivity contribution is -0.123. The molecule has 4 rings (SSSR count). The second kappa shape index (κ2) is 9.52. The molecule has 0 aliphatic heterocycles. The number of carbonyl (C=O) groups is 2. The lowest BCUT2D eigenvalue weighted by Crippen LogP contribution is -2.44. The van der Waals surface area contributed by atoms with Crippen molar-refractivity contribution in [3.63, 3.8) is 0 Å². The predicted molar refractivity (Wildman–Crippen MR) is 125 cm³/mol. The van der Waals surface area contributed by atoms with Crippen LogP contribution in [0.4, 0.5) is 0 Å². The average Bonchev–Trinajstić information content (AvgIpc) is 3.10. The Morgan fingerprint density at radius 1 is 1.00 bits per heavy atom. The van der Waals surface area contributed by atoms with Gasteiger partial charge in [0.05, 0.1) is 16.6 Å². The van der Waals surface area contributed by atoms with E-state index < -0.39 is 11.8 Å². The molecule has 0 atom stereocenters. The normalized spacial score (nSPS) is 10.8. The van der Waals surface area contributed by atoms with Crippen LogP contribution in [0, 0.1) is 13.8 Å². The van der Waals surface area contributed by atoms with E-state index in [1.54, 1.807) is 24.7 Å². The van der Waals surface area contributed by atoms with Crippen molar-refractivity contribution in [1.82, 2.24) is 25.6 Å². The fourth-order valence-electron chi connectivity index (χ4n) is 3.73. The van der Waals surface area contributed by atoms with Gasteiger partial charge in [0.1, 0.15) is 5.75 Å². The fraction of sp³-hybridized carbons (Fsp3) is 0.200. The lowest BCUT2D eigenvalue weighted by atomic mass is 10.0. The van der Waals surface area contributed by atoms with Crippen molar-refractivity contribution in [1.29, 1.82) is 0 Å². The minimum absolute atomic E-state index is 0.233. The molecule has 2 amide bonds. The maximum atomic E-state index is 12.8. The molecule has 2 aromatic carbocycles. The topological polar surface area (TPSA) is 98.1 Å². The van der Waals surface area contributed by atoms with Gasteiger partial charge >= 0.3 is 0 Å². The van der Waals surface area contributed by atoms with E-state index in [0.717, 1.165) is 11.1 Å². The smallest absolute Gasteiger partial charge is 0.276 e. The number of aryl methyl sites for hydroxylation is 3. The average molecular weight is 444 g/mol. The zero-order valence-electron chi connectivity index (χ0n) is 18.8. The highest BCUT2D eigenvalue weighted by Gasteiger charge is 2.18. The Bertz CT molecular complexity index is 1310. The Kier molecular flexibility index (Phi) is 6.35. The first-order chi connectivity index (χ1) is 15.9. The van der Waals surface area contributed by atoms with Crippen molar-refractivity contribution >= 4 is 22.8 Å². The van der Waals surface area contributed by atoms with Crippen LogP contribution in [-0.4, -0.2) is 33.2 Å². The number of fused-ring (bicyclic) bond motifs is 1. The molecule has 4 aromatic rings. The van der Waals surface area contributed by atoms with Gasteiger partial charge < -0.3 is 4.74 Å². The van der Waals surface area contributed by atoms with Gasteiger partial charge in [-0.2, -0.15) is 5.10 Å². The molecule has 0 saturated heterocycles. The van der Waals surface area contributed by atoms with Crippen molar-refractivity contribution in [2.24, 2.45) is 7.05 Å². The van der Waals surface area contributed by atoms with Gasteiger partial charge in [0.15, 0.2) is 12.3 Å². The summed E-state index contributed by atoms with van der Waals surface area (Å²) in [4.78, 5) is 29.6. The maximum Gasteiger partial charge on any atom is 0.276 e. The number of nitrogens with zero attached hydrogens (tertiary/aromatic N) is 3. The predicted octanol–water partition coefficient (Wildman–Crippen LogP) is 3.02. The molecule has 0 bridgehead atoms. The zero-order chi connectivity index (χ0) is 23.4. The molecule has 0 aliphatic carbocycles. The van der Waals surface area contributed by atoms with Crippen LogP contribution in [0.15, 0.2) is 60.7 Å². The highest BCUT2D eigenvalue weighted by Crippen LogP contribution is 2.22. The quantitative estimate of drug-likeness (QED) is 0.447. The molecular weight excluding hydrogens is 418 g/mol. The van der Waals surface area contributed by atoms with Gasteiger partial charge in [-0.05, 0) is 37.1 Å². The number of rotatable bonds is 6. The van der Waals surface area contributed by atoms with E-state index in [2.05, 4.69) is 20.9 Å². The van der Waals surface area contributed by atoms with E-state index in [0.29, 0.717) is 40.2 Å². The third-order valence-corrected chi connectivity index (χ3v) is 5.23. The Hall–Kier alpha value is -4.20. The van der Waals surface area contributed by atoms with Crippen LogP contribution in [0.2, 0.25) is 0 Å². The van der Waals surface area contributed by atoms with Crippen molar-refractivity contribution in [3.8, 4) is 5.75 Å². The molecule has 8 heteroatoms. The summed E-state index contributed by atoms with van der Waals surface area (Å²) < 4.78 is 7.37. The van der Waals surface area contributed by atoms with Crippen molar-refractivity contribution in [2.45, 2.75) is 20.3 Å². The Morgan fingerprint density at radius 2 is 1.73 bits per heavy atom. The Labute approximate surface area is 191 Å². The molecule has 0 saturated carbocycles. The minimum atomic E-state index is -0.470. The van der Waals surface area contributed by atoms with Crippen LogP contribution >= 0.6 is 0 Å². The first-order valence-corrected chi connectivity index (χ1v) is 10.6. The van der Waals surface area contributed by atoms with Crippen LogP contribution < -0.4 is 15.6 Å². The molecular formula is C25H25N5O3. The molecule has 2 N–H and O–H groups in total. The number of hydrogen-bond acceptors (Lipinski definition) is 5. The van der Waals surface area contributed by atoms with Crippen molar-refractivity contribution < 1.29 is 14.3 Å². The monoisotopic (exact) mass is 443 g/mol. The van der Waals surface area contributed by atoms with Crippen LogP contribution in [-0.2, 0) is 18.3 Å². The molecule has 0 spiro atoms. The van der Waals surface area contributed by atoms with Crippen LogP contribution in [0.5, 0.6) is 5.75 Å². The van der Waals surface area contributed by atoms with Gasteiger partial charge in [-0.25, -0.2) is 4.98 Å². The molecule has 168 valence electrons. The van der Waals surface area contributed by atoms with E-state index in [4.69, 9.17) is 4.74 Å². The molecule has 0 fully saturated rings. The summed E-state index contributed by atoms with van der Waals surface area (Å²) in [7, 11) is 1.78. The van der Waals surface area contributed by atoms with Crippen molar-refractivity contribution in [2.75, 3.05) is 6.61 Å². The third-order valence-electron chi connectivity index (χ3n) is 5.23. The number of hydrazine groups is 1. The molecule has 0 aliphatic rings. The van der Waals surface area contributed by atoms with E-state index in [9.17, 15) is 9.59 Å². The number of aromatic nitrogens is 3. The van der Waals surface area contributed by atoms with E-state index >= 15 is 0 Å². The van der Waals surface area contributed by atoms with Gasteiger partial charge in [0.2, 0.25) is 0 Å². The summed E-state index contributed by atoms with van der Waals surface area (Å²) >= 11 is 0. The van der Waals surface area contributed by atoms with Gasteiger partial charge in [0, 0.05) is 19.2 Å². The summed E-state index contributed by atoms with van der Waals surface area (Å²) in [5, 5.41) is 4.99. The molecule has 0 unspecified atom stereocenters. The van der Waals surface area contributed by atoms with E-state index in [-0.39, 0.29) is 6.61 Å². The van der Waals surface area contributed by atoms with Crippen molar-refractivity contribution in [3.05, 3.63) is 88.7 Å². The second-order valence-electron chi connectivity index (χ2n) is 7.78. The van der Waals surface area contributed by atoms with Gasteiger partial charge in [-0.3, -0.25) is 25.1 Å². The number of amides is 2. The van der Waals surface area contributed by atoms with Gasteiger partial charge in [-0.15, -0.1) is 0 Å². The maximum absolute atomic E-state index is 12.8. The standard InChI is InChI=1S/C25H25N5O3/c1-16-13-20(23-17(2)29-30(3)24(23)26-16)25(32)28-27-22(31)15-33-21-12-8-7-11-19(21)14-18-9-5-4-6-10-18/h4-13H,14-15H2,1-3H3,(H,27,31)(H,28,32). The number of ether oxygens (including phenoxy) is 1. The number of para-hydroxylation sites is 1. The molecule has 2 heterocycles. The highest BCUT2D eigenvalue weighted by atomic mass is 16.5. The summed E-state index contributed by atoms with van der Waals surface area (Å²) in [6.45, 7) is 3.39. The first kappa shape index (κ1) is 22.0. The van der Waals surface area contributed by atoms with Crippen LogP contribution in [0.25, 0.3) is 11.0 Å². The zero-order valence-corrected chi connectivity index (χ0v) is 18.8. The molecule has 0 radical (unpaired) electrons. The number of benzene rings is 2. The number of hydrogen-bond donors (Lipinski definition) is 2. The van der Waals surface area contributed by atoms with E-state index in [1.807, 2.05) is 61.5 Å². The van der Waals surface area contributed by atoms with Gasteiger partial charge in [-0.1, -0.05) is 48.5 Å². The fourth-order valence-corrected chi connectivity index (χ4v) is 3.73.